The van der Waals surface area contributed by atoms with Crippen molar-refractivity contribution < 1.29 is 14.3 Å². The Morgan fingerprint density at radius 2 is 2.27 bits per heavy atom. The summed E-state index contributed by atoms with van der Waals surface area (Å²) in [5.41, 5.74) is -0.0910. The largest absolute Gasteiger partial charge is 0.476 e. The van der Waals surface area contributed by atoms with Crippen LogP contribution in [0.2, 0.25) is 0 Å². The first-order valence-electron chi connectivity index (χ1n) is 3.90. The minimum atomic E-state index is -1.10. The van der Waals surface area contributed by atoms with Gasteiger partial charge in [0.15, 0.2) is 5.69 Å². The highest BCUT2D eigenvalue weighted by molar-refractivity contribution is 7.99. The zero-order valence-corrected chi connectivity index (χ0v) is 8.14. The predicted molar refractivity (Wildman–Crippen MR) is 49.6 cm³/mol. The standard InChI is InChI=1S/C8H5N3O3S/c12-7(13)5-1-2-6(11-10-5)15-8-9-3-4-14-8/h1-4H,(H,12,13). The summed E-state index contributed by atoms with van der Waals surface area (Å²) in [6.45, 7) is 0. The molecule has 0 aliphatic rings. The lowest BCUT2D eigenvalue weighted by Crippen LogP contribution is -2.01. The van der Waals surface area contributed by atoms with Crippen molar-refractivity contribution in [2.24, 2.45) is 0 Å². The van der Waals surface area contributed by atoms with E-state index in [4.69, 9.17) is 9.52 Å². The number of aromatic nitrogens is 3. The first kappa shape index (κ1) is 9.66. The molecule has 0 amide bonds. The van der Waals surface area contributed by atoms with Gasteiger partial charge >= 0.3 is 5.97 Å². The normalized spacial score (nSPS) is 10.1. The van der Waals surface area contributed by atoms with Crippen molar-refractivity contribution in [3.8, 4) is 0 Å². The van der Waals surface area contributed by atoms with Crippen molar-refractivity contribution in [3.05, 3.63) is 30.3 Å². The maximum Gasteiger partial charge on any atom is 0.356 e. The average Bonchev–Trinajstić information content (AvgIpc) is 2.71. The highest BCUT2D eigenvalue weighted by Crippen LogP contribution is 2.23. The molecule has 0 spiro atoms. The molecular weight excluding hydrogens is 218 g/mol. The van der Waals surface area contributed by atoms with Crippen LogP contribution >= 0.6 is 11.8 Å². The van der Waals surface area contributed by atoms with Crippen LogP contribution in [0.3, 0.4) is 0 Å². The van der Waals surface area contributed by atoms with Crippen LogP contribution in [0.5, 0.6) is 0 Å². The lowest BCUT2D eigenvalue weighted by molar-refractivity contribution is 0.0689. The van der Waals surface area contributed by atoms with E-state index < -0.39 is 5.97 Å². The van der Waals surface area contributed by atoms with Crippen molar-refractivity contribution in [1.82, 2.24) is 15.2 Å². The van der Waals surface area contributed by atoms with Gasteiger partial charge in [0.1, 0.15) is 11.3 Å². The van der Waals surface area contributed by atoms with Crippen molar-refractivity contribution in [2.75, 3.05) is 0 Å². The van der Waals surface area contributed by atoms with Gasteiger partial charge in [0.25, 0.3) is 5.22 Å². The van der Waals surface area contributed by atoms with Crippen LogP contribution in [0.1, 0.15) is 10.5 Å². The molecule has 7 heteroatoms. The van der Waals surface area contributed by atoms with Gasteiger partial charge in [-0.05, 0) is 23.9 Å². The van der Waals surface area contributed by atoms with Crippen molar-refractivity contribution in [2.45, 2.75) is 10.2 Å². The molecule has 1 N–H and O–H groups in total. The van der Waals surface area contributed by atoms with E-state index in [9.17, 15) is 4.79 Å². The summed E-state index contributed by atoms with van der Waals surface area (Å²) < 4.78 is 4.98. The molecule has 2 rings (SSSR count). The van der Waals surface area contributed by atoms with E-state index in [-0.39, 0.29) is 5.69 Å². The van der Waals surface area contributed by atoms with Crippen LogP contribution in [-0.2, 0) is 0 Å². The monoisotopic (exact) mass is 223 g/mol. The van der Waals surface area contributed by atoms with E-state index in [1.54, 1.807) is 6.07 Å². The summed E-state index contributed by atoms with van der Waals surface area (Å²) >= 11 is 1.17. The Morgan fingerprint density at radius 3 is 2.80 bits per heavy atom. The Kier molecular flexibility index (Phi) is 2.64. The van der Waals surface area contributed by atoms with Crippen LogP contribution in [0.25, 0.3) is 0 Å². The molecule has 0 saturated heterocycles. The van der Waals surface area contributed by atoms with Crippen molar-refractivity contribution >= 4 is 17.7 Å². The molecule has 15 heavy (non-hydrogen) atoms. The second kappa shape index (κ2) is 4.09. The molecule has 0 aromatic carbocycles. The van der Waals surface area contributed by atoms with E-state index in [0.717, 1.165) is 0 Å². The lowest BCUT2D eigenvalue weighted by Gasteiger charge is -1.95. The number of nitrogens with zero attached hydrogens (tertiary/aromatic N) is 3. The Hall–Kier alpha value is -1.89. The lowest BCUT2D eigenvalue weighted by atomic mass is 10.4. The third-order valence-electron chi connectivity index (χ3n) is 1.46. The SMILES string of the molecule is O=C(O)c1ccc(Sc2ncco2)nn1. The number of hydrogen-bond acceptors (Lipinski definition) is 6. The van der Waals surface area contributed by atoms with Gasteiger partial charge in [-0.2, -0.15) is 0 Å². The molecule has 2 aromatic heterocycles. The Bertz CT molecular complexity index is 454. The zero-order valence-electron chi connectivity index (χ0n) is 7.32. The molecular formula is C8H5N3O3S. The second-order valence-corrected chi connectivity index (χ2v) is 3.43. The molecule has 0 unspecified atom stereocenters. The molecule has 6 nitrogen and oxygen atoms in total. The average molecular weight is 223 g/mol. The number of aromatic carboxylic acids is 1. The van der Waals surface area contributed by atoms with Gasteiger partial charge in [-0.3, -0.25) is 0 Å². The third-order valence-corrected chi connectivity index (χ3v) is 2.26. The van der Waals surface area contributed by atoms with Crippen molar-refractivity contribution in [3.63, 3.8) is 0 Å². The minimum Gasteiger partial charge on any atom is -0.476 e. The molecule has 0 saturated carbocycles. The first-order chi connectivity index (χ1) is 7.25. The topological polar surface area (TPSA) is 89.1 Å². The van der Waals surface area contributed by atoms with Crippen LogP contribution in [0.4, 0.5) is 0 Å². The van der Waals surface area contributed by atoms with E-state index in [1.165, 1.54) is 30.3 Å². The summed E-state index contributed by atoms with van der Waals surface area (Å²) in [6.07, 6.45) is 2.96. The van der Waals surface area contributed by atoms with Gasteiger partial charge < -0.3 is 9.52 Å². The fourth-order valence-electron chi connectivity index (χ4n) is 0.839. The Labute approximate surface area is 88.4 Å². The van der Waals surface area contributed by atoms with Gasteiger partial charge in [0, 0.05) is 0 Å². The zero-order chi connectivity index (χ0) is 10.7. The van der Waals surface area contributed by atoms with Gasteiger partial charge in [0.2, 0.25) is 0 Å². The smallest absolute Gasteiger partial charge is 0.356 e. The van der Waals surface area contributed by atoms with E-state index >= 15 is 0 Å². The van der Waals surface area contributed by atoms with Crippen molar-refractivity contribution in [1.29, 1.82) is 0 Å². The van der Waals surface area contributed by atoms with E-state index in [2.05, 4.69) is 15.2 Å². The maximum absolute atomic E-state index is 10.5. The number of hydrogen-bond donors (Lipinski definition) is 1. The third kappa shape index (κ3) is 2.32. The Morgan fingerprint density at radius 1 is 1.40 bits per heavy atom. The molecule has 0 atom stereocenters. The van der Waals surface area contributed by atoms with Gasteiger partial charge in [-0.25, -0.2) is 9.78 Å². The van der Waals surface area contributed by atoms with Crippen LogP contribution in [0.15, 0.2) is 39.3 Å². The van der Waals surface area contributed by atoms with Crippen LogP contribution in [-0.4, -0.2) is 26.3 Å². The summed E-state index contributed by atoms with van der Waals surface area (Å²) in [6, 6.07) is 2.92. The Balaban J connectivity index is 2.14. The highest BCUT2D eigenvalue weighted by atomic mass is 32.2. The summed E-state index contributed by atoms with van der Waals surface area (Å²) in [5, 5.41) is 16.8. The van der Waals surface area contributed by atoms with E-state index in [0.29, 0.717) is 10.2 Å². The van der Waals surface area contributed by atoms with Gasteiger partial charge in [-0.15, -0.1) is 10.2 Å². The number of oxazole rings is 1. The number of carbonyl (C=O) groups is 1. The summed E-state index contributed by atoms with van der Waals surface area (Å²) in [4.78, 5) is 14.4. The molecule has 0 fully saturated rings. The van der Waals surface area contributed by atoms with Crippen LogP contribution in [0, 0.1) is 0 Å². The predicted octanol–water partition coefficient (Wildman–Crippen LogP) is 1.31. The van der Waals surface area contributed by atoms with E-state index in [1.807, 2.05) is 0 Å². The molecule has 0 aliphatic carbocycles. The number of rotatable bonds is 3. The summed E-state index contributed by atoms with van der Waals surface area (Å²) in [5.74, 6) is -1.10. The summed E-state index contributed by atoms with van der Waals surface area (Å²) in [7, 11) is 0. The maximum atomic E-state index is 10.5. The highest BCUT2D eigenvalue weighted by Gasteiger charge is 2.07. The second-order valence-electron chi connectivity index (χ2n) is 2.46. The fourth-order valence-corrected chi connectivity index (χ4v) is 1.45. The molecule has 0 radical (unpaired) electrons. The van der Waals surface area contributed by atoms with Crippen LogP contribution < -0.4 is 0 Å². The number of carboxylic acid groups (broad SMARTS) is 1. The first-order valence-corrected chi connectivity index (χ1v) is 4.72. The quantitative estimate of drug-likeness (QED) is 0.838. The molecule has 0 aliphatic heterocycles. The van der Waals surface area contributed by atoms with Gasteiger partial charge in [0.05, 0.1) is 6.20 Å². The van der Waals surface area contributed by atoms with Gasteiger partial charge in [-0.1, -0.05) is 0 Å². The minimum absolute atomic E-state index is 0.0910. The molecule has 0 bridgehead atoms. The fraction of sp³-hybridized carbons (Fsp3) is 0. The molecule has 2 heterocycles. The number of carboxylic acids is 1. The molecule has 2 aromatic rings. The molecule has 76 valence electrons.